The van der Waals surface area contributed by atoms with Gasteiger partial charge in [0.25, 0.3) is 0 Å². The summed E-state index contributed by atoms with van der Waals surface area (Å²) in [6, 6.07) is 15.2. The summed E-state index contributed by atoms with van der Waals surface area (Å²) in [4.78, 5) is 25.4. The highest BCUT2D eigenvalue weighted by Crippen LogP contribution is 2.29. The van der Waals surface area contributed by atoms with Gasteiger partial charge < -0.3 is 16.4 Å². The van der Waals surface area contributed by atoms with Crippen molar-refractivity contribution in [3.63, 3.8) is 0 Å². The maximum Gasteiger partial charge on any atom is 0.243 e. The molecular formula is C31H44FN4O2+. The largest absolute Gasteiger partial charge is 0.399 e. The number of hydrogen-bond acceptors (Lipinski definition) is 3. The number of halogens is 1. The molecule has 4 rings (SSSR count). The first-order valence-electron chi connectivity index (χ1n) is 13.5. The minimum atomic E-state index is -0.607. The fourth-order valence-corrected chi connectivity index (χ4v) is 4.10. The molecule has 0 aromatic heterocycles. The Morgan fingerprint density at radius 3 is 2.24 bits per heavy atom. The molecule has 0 radical (unpaired) electrons. The number of carbonyl (C=O) groups excluding carboxylic acids is 2. The van der Waals surface area contributed by atoms with Crippen molar-refractivity contribution in [2.45, 2.75) is 71.4 Å². The zero-order valence-corrected chi connectivity index (χ0v) is 23.5. The van der Waals surface area contributed by atoms with Crippen molar-refractivity contribution < 1.29 is 18.6 Å². The fourth-order valence-electron chi connectivity index (χ4n) is 4.10. The van der Waals surface area contributed by atoms with Crippen molar-refractivity contribution in [1.29, 1.82) is 0 Å². The highest BCUT2D eigenvalue weighted by atomic mass is 19.1. The lowest BCUT2D eigenvalue weighted by molar-refractivity contribution is -0.492. The lowest BCUT2D eigenvalue weighted by atomic mass is 9.93. The quantitative estimate of drug-likeness (QED) is 0.340. The second kappa shape index (κ2) is 15.1. The van der Waals surface area contributed by atoms with Crippen LogP contribution < -0.4 is 16.4 Å². The van der Waals surface area contributed by atoms with Gasteiger partial charge in [-0.3, -0.25) is 9.59 Å². The van der Waals surface area contributed by atoms with Crippen molar-refractivity contribution >= 4 is 23.7 Å². The van der Waals surface area contributed by atoms with Gasteiger partial charge >= 0.3 is 0 Å². The summed E-state index contributed by atoms with van der Waals surface area (Å²) in [6.45, 7) is 8.83. The SMILES string of the molecule is CC.C[N+]1=CC(C[C@@H](NC(=O)C2CC2)C(=O)NC(C)(C)Cc2ccc(F)cc2)=CCC1.Nc1ccccc1. The minimum Gasteiger partial charge on any atom is -0.399 e. The zero-order valence-electron chi connectivity index (χ0n) is 23.5. The Hall–Kier alpha value is -3.48. The van der Waals surface area contributed by atoms with Gasteiger partial charge in [0, 0.05) is 35.6 Å². The van der Waals surface area contributed by atoms with E-state index in [0.717, 1.165) is 42.6 Å². The average molecular weight is 524 g/mol. The van der Waals surface area contributed by atoms with Gasteiger partial charge in [-0.1, -0.05) is 50.3 Å². The summed E-state index contributed by atoms with van der Waals surface area (Å²) in [5.41, 5.74) is 7.66. The Morgan fingerprint density at radius 2 is 1.71 bits per heavy atom. The van der Waals surface area contributed by atoms with Crippen LogP contribution in [0.25, 0.3) is 0 Å². The van der Waals surface area contributed by atoms with E-state index in [1.54, 1.807) is 12.1 Å². The predicted octanol–water partition coefficient (Wildman–Crippen LogP) is 4.89. The van der Waals surface area contributed by atoms with Gasteiger partial charge in [0.05, 0.1) is 0 Å². The van der Waals surface area contributed by atoms with E-state index < -0.39 is 11.6 Å². The molecule has 0 spiro atoms. The zero-order chi connectivity index (χ0) is 28.1. The molecule has 2 aromatic rings. The molecule has 2 aliphatic rings. The first-order valence-corrected chi connectivity index (χ1v) is 13.5. The molecule has 1 atom stereocenters. The number of benzene rings is 2. The second-order valence-corrected chi connectivity index (χ2v) is 10.3. The predicted molar refractivity (Wildman–Crippen MR) is 154 cm³/mol. The van der Waals surface area contributed by atoms with E-state index in [-0.39, 0.29) is 23.5 Å². The monoisotopic (exact) mass is 523 g/mol. The fraction of sp³-hybridized carbons (Fsp3) is 0.452. The molecule has 1 saturated carbocycles. The number of para-hydroxylation sites is 1. The van der Waals surface area contributed by atoms with Gasteiger partial charge in [-0.2, -0.15) is 0 Å². The molecule has 4 N–H and O–H groups in total. The lowest BCUT2D eigenvalue weighted by Gasteiger charge is -2.29. The molecule has 0 saturated heterocycles. The second-order valence-electron chi connectivity index (χ2n) is 10.3. The van der Waals surface area contributed by atoms with E-state index >= 15 is 0 Å². The van der Waals surface area contributed by atoms with Gasteiger partial charge in [-0.25, -0.2) is 8.97 Å². The first-order chi connectivity index (χ1) is 18.1. The third kappa shape index (κ3) is 11.3. The van der Waals surface area contributed by atoms with Gasteiger partial charge in [-0.15, -0.1) is 0 Å². The number of hydrogen-bond donors (Lipinski definition) is 3. The van der Waals surface area contributed by atoms with Crippen LogP contribution in [0.1, 0.15) is 58.9 Å². The highest BCUT2D eigenvalue weighted by Gasteiger charge is 2.34. The van der Waals surface area contributed by atoms with Crippen molar-refractivity contribution in [3.8, 4) is 0 Å². The molecule has 2 aromatic carbocycles. The van der Waals surface area contributed by atoms with E-state index in [1.807, 2.05) is 71.3 Å². The molecule has 6 nitrogen and oxygen atoms in total. The number of nitrogens with two attached hydrogens (primary N) is 1. The van der Waals surface area contributed by atoms with Crippen LogP contribution in [-0.4, -0.2) is 47.8 Å². The number of nitrogens with one attached hydrogen (secondary N) is 2. The minimum absolute atomic E-state index is 0.0359. The summed E-state index contributed by atoms with van der Waals surface area (Å²) >= 11 is 0. The molecule has 0 bridgehead atoms. The molecule has 1 heterocycles. The smallest absolute Gasteiger partial charge is 0.243 e. The number of carbonyl (C=O) groups is 2. The van der Waals surface area contributed by atoms with Crippen LogP contribution in [0, 0.1) is 11.7 Å². The Kier molecular flexibility index (Phi) is 12.2. The molecule has 2 amide bonds. The Bertz CT molecular complexity index is 1090. The molecule has 38 heavy (non-hydrogen) atoms. The van der Waals surface area contributed by atoms with E-state index in [9.17, 15) is 14.0 Å². The van der Waals surface area contributed by atoms with Crippen LogP contribution in [0.15, 0.2) is 66.2 Å². The van der Waals surface area contributed by atoms with Crippen molar-refractivity contribution in [3.05, 3.63) is 77.6 Å². The Labute approximate surface area is 227 Å². The lowest BCUT2D eigenvalue weighted by Crippen LogP contribution is -2.54. The summed E-state index contributed by atoms with van der Waals surface area (Å²) < 4.78 is 15.3. The molecule has 1 aliphatic carbocycles. The van der Waals surface area contributed by atoms with Crippen molar-refractivity contribution in [2.75, 3.05) is 19.3 Å². The van der Waals surface area contributed by atoms with Crippen molar-refractivity contribution in [2.24, 2.45) is 5.92 Å². The normalized spacial score (nSPS) is 15.3. The van der Waals surface area contributed by atoms with Gasteiger partial charge in [-0.05, 0) is 62.9 Å². The molecule has 206 valence electrons. The summed E-state index contributed by atoms with van der Waals surface area (Å²) in [7, 11) is 2.01. The van der Waals surface area contributed by atoms with Crippen LogP contribution in [-0.2, 0) is 16.0 Å². The summed E-state index contributed by atoms with van der Waals surface area (Å²) in [5, 5.41) is 6.04. The van der Waals surface area contributed by atoms with Crippen LogP contribution in [0.5, 0.6) is 0 Å². The highest BCUT2D eigenvalue weighted by molar-refractivity contribution is 5.91. The topological polar surface area (TPSA) is 87.2 Å². The van der Waals surface area contributed by atoms with E-state index in [0.29, 0.717) is 12.8 Å². The van der Waals surface area contributed by atoms with E-state index in [4.69, 9.17) is 5.73 Å². The molecule has 0 unspecified atom stereocenters. The van der Waals surface area contributed by atoms with Gasteiger partial charge in [0.1, 0.15) is 25.5 Å². The molecule has 7 heteroatoms. The Balaban J connectivity index is 0.000000481. The average Bonchev–Trinajstić information content (AvgIpc) is 3.73. The Morgan fingerprint density at radius 1 is 1.08 bits per heavy atom. The molecule has 1 fully saturated rings. The van der Waals surface area contributed by atoms with Gasteiger partial charge in [0.2, 0.25) is 11.8 Å². The first kappa shape index (κ1) is 30.7. The van der Waals surface area contributed by atoms with E-state index in [1.165, 1.54) is 12.1 Å². The number of rotatable bonds is 8. The van der Waals surface area contributed by atoms with Gasteiger partial charge in [0.15, 0.2) is 6.21 Å². The van der Waals surface area contributed by atoms with E-state index in [2.05, 4.69) is 21.3 Å². The third-order valence-corrected chi connectivity index (χ3v) is 6.12. The number of nitrogen functional groups attached to an aromatic ring is 1. The maximum absolute atomic E-state index is 13.2. The summed E-state index contributed by atoms with van der Waals surface area (Å²) in [6.07, 6.45) is 7.94. The number of anilines is 1. The van der Waals surface area contributed by atoms with Crippen LogP contribution in [0.4, 0.5) is 10.1 Å². The summed E-state index contributed by atoms with van der Waals surface area (Å²) in [5.74, 6) is -0.454. The van der Waals surface area contributed by atoms with Crippen LogP contribution in [0.3, 0.4) is 0 Å². The standard InChI is InChI=1S/C23H30FN3O2.C6H7N.C2H6/c1-23(2,14-16-6-10-19(24)11-7-16)26-22(29)20(25-21(28)18-8-9-18)13-17-5-4-12-27(3)15-17;7-6-4-2-1-3-5-6;1-2/h5-7,10-11,15,18,20H,4,8-9,12-14H2,1-3H3,(H-,25,26,28,29);1-5H,7H2;1-2H3/p+1/t20-;;/m1../s1. The number of amides is 2. The molecular weight excluding hydrogens is 479 g/mol. The third-order valence-electron chi connectivity index (χ3n) is 6.12. The van der Waals surface area contributed by atoms with Crippen molar-refractivity contribution in [1.82, 2.24) is 10.6 Å². The van der Waals surface area contributed by atoms with Crippen LogP contribution >= 0.6 is 0 Å². The maximum atomic E-state index is 13.2. The number of nitrogens with zero attached hydrogens (tertiary/aromatic N) is 1. The molecule has 1 aliphatic heterocycles. The van der Waals surface area contributed by atoms with Crippen LogP contribution in [0.2, 0.25) is 0 Å².